The number of fused-ring (bicyclic) bond motifs is 4. The van der Waals surface area contributed by atoms with E-state index in [1.807, 2.05) is 18.2 Å². The van der Waals surface area contributed by atoms with Crippen LogP contribution in [0, 0.1) is 6.67 Å². The Morgan fingerprint density at radius 3 is 1.59 bits per heavy atom. The van der Waals surface area contributed by atoms with Crippen molar-refractivity contribution in [1.82, 2.24) is 4.98 Å². The van der Waals surface area contributed by atoms with E-state index in [9.17, 15) is 0 Å². The number of benzene rings is 5. The fourth-order valence-corrected chi connectivity index (χ4v) is 6.11. The van der Waals surface area contributed by atoms with Gasteiger partial charge in [-0.1, -0.05) is 116 Å². The second-order valence-corrected chi connectivity index (χ2v) is 15.7. The monoisotopic (exact) mass is 706 g/mol. The number of hydrogen-bond acceptors (Lipinski definition) is 2. The summed E-state index contributed by atoms with van der Waals surface area (Å²) in [5.74, 6) is 0. The Bertz CT molecular complexity index is 1630. The van der Waals surface area contributed by atoms with Gasteiger partial charge in [0.05, 0.1) is 8.07 Å². The van der Waals surface area contributed by atoms with E-state index in [-0.39, 0.29) is 22.4 Å². The number of hydrogen-bond donors (Lipinski definition) is 0. The van der Waals surface area contributed by atoms with Crippen LogP contribution in [0.2, 0.25) is 19.6 Å². The average molecular weight is 707 g/mol. The molecule has 1 aromatic heterocycles. The van der Waals surface area contributed by atoms with E-state index < -0.39 is 8.07 Å². The minimum absolute atomic E-state index is 0. The molecule has 6 aromatic rings. The van der Waals surface area contributed by atoms with E-state index in [4.69, 9.17) is 0 Å². The van der Waals surface area contributed by atoms with Gasteiger partial charge in [-0.2, -0.15) is 0 Å². The van der Waals surface area contributed by atoms with Gasteiger partial charge in [0, 0.05) is 45.1 Å². The van der Waals surface area contributed by atoms with Crippen LogP contribution in [0.5, 0.6) is 0 Å². The Morgan fingerprint density at radius 2 is 1.03 bits per heavy atom. The van der Waals surface area contributed by atoms with Gasteiger partial charge < -0.3 is 14.8 Å². The van der Waals surface area contributed by atoms with Crippen LogP contribution in [0.4, 0.5) is 22.7 Å². The number of para-hydroxylation sites is 5. The number of aromatic nitrogens is 1. The van der Waals surface area contributed by atoms with Gasteiger partial charge in [-0.3, -0.25) is 0 Å². The smallest absolute Gasteiger partial charge is 0.0776 e. The third-order valence-corrected chi connectivity index (χ3v) is 9.04. The molecule has 0 unspecified atom stereocenters. The van der Waals surface area contributed by atoms with Crippen molar-refractivity contribution in [3.05, 3.63) is 134 Å². The molecular weight excluding hydrogens is 675 g/mol. The van der Waals surface area contributed by atoms with Gasteiger partial charge in [0.25, 0.3) is 0 Å². The third-order valence-electron chi connectivity index (χ3n) is 7.00. The molecule has 0 saturated carbocycles. The summed E-state index contributed by atoms with van der Waals surface area (Å²) in [5, 5.41) is 4.09. The summed E-state index contributed by atoms with van der Waals surface area (Å²) in [6, 6.07) is 44.5. The van der Waals surface area contributed by atoms with Crippen molar-refractivity contribution in [2.75, 3.05) is 9.80 Å². The zero-order valence-corrected chi connectivity index (χ0v) is 25.5. The molecule has 5 heteroatoms. The molecule has 1 aliphatic rings. The predicted octanol–water partition coefficient (Wildman–Crippen LogP) is 8.59. The van der Waals surface area contributed by atoms with Crippen molar-refractivity contribution in [3.8, 4) is 0 Å². The molecule has 1 radical (unpaired) electrons. The molecule has 39 heavy (non-hydrogen) atoms. The zero-order valence-electron chi connectivity index (χ0n) is 22.3. The van der Waals surface area contributed by atoms with Crippen LogP contribution < -0.4 is 20.0 Å². The molecule has 1 aliphatic heterocycles. The first kappa shape index (κ1) is 27.0. The second-order valence-electron chi connectivity index (χ2n) is 10.6. The van der Waals surface area contributed by atoms with Crippen LogP contribution in [0.25, 0.3) is 21.8 Å². The van der Waals surface area contributed by atoms with E-state index in [0.29, 0.717) is 0 Å². The summed E-state index contributed by atoms with van der Waals surface area (Å²) in [4.78, 5) is 9.10. The molecule has 7 rings (SSSR count). The molecule has 0 amide bonds. The minimum Gasteiger partial charge on any atom is -0.657 e. The van der Waals surface area contributed by atoms with Crippen LogP contribution in [0.1, 0.15) is 0 Å². The Kier molecular flexibility index (Phi) is 7.83. The first-order chi connectivity index (χ1) is 18.5. The van der Waals surface area contributed by atoms with Crippen LogP contribution in [-0.2, 0) is 22.4 Å². The fourth-order valence-electron chi connectivity index (χ4n) is 4.94. The molecule has 5 aromatic carbocycles. The average Bonchev–Trinajstić information content (AvgIpc) is 3.52. The molecule has 3 nitrogen and oxygen atoms in total. The van der Waals surface area contributed by atoms with E-state index >= 15 is 0 Å². The summed E-state index contributed by atoms with van der Waals surface area (Å²) in [6.45, 7) is 9.29. The largest absolute Gasteiger partial charge is 0.657 e. The summed E-state index contributed by atoms with van der Waals surface area (Å²) in [6.07, 6.45) is 0. The molecule has 0 atom stereocenters. The minimum atomic E-state index is -1.24. The van der Waals surface area contributed by atoms with Crippen molar-refractivity contribution in [3.63, 3.8) is 0 Å². The van der Waals surface area contributed by atoms with Gasteiger partial charge >= 0.3 is 0 Å². The van der Waals surface area contributed by atoms with Gasteiger partial charge in [-0.25, -0.2) is 0 Å². The molecule has 0 spiro atoms. The van der Waals surface area contributed by atoms with Crippen molar-refractivity contribution in [1.29, 1.82) is 0 Å². The predicted molar refractivity (Wildman–Crippen MR) is 166 cm³/mol. The van der Waals surface area contributed by atoms with Gasteiger partial charge in [-0.15, -0.1) is 17.7 Å². The van der Waals surface area contributed by atoms with Gasteiger partial charge in [0.2, 0.25) is 0 Å². The Hall–Kier alpha value is -3.54. The molecular formula is C34H31AuN3Si-2. The maximum Gasteiger partial charge on any atom is 0.0776 e. The Balaban J connectivity index is 0.000000157. The van der Waals surface area contributed by atoms with Crippen LogP contribution in [-0.4, -0.2) is 8.07 Å². The van der Waals surface area contributed by atoms with Gasteiger partial charge in [0.1, 0.15) is 0 Å². The summed E-state index contributed by atoms with van der Waals surface area (Å²) >= 11 is 0. The zero-order chi connectivity index (χ0) is 26.1. The van der Waals surface area contributed by atoms with Crippen molar-refractivity contribution in [2.45, 2.75) is 19.6 Å². The van der Waals surface area contributed by atoms with Crippen molar-refractivity contribution < 1.29 is 22.4 Å². The maximum atomic E-state index is 4.65. The molecule has 0 aliphatic carbocycles. The fraction of sp³-hybridized carbons (Fsp3) is 0.0882. The standard InChI is InChI=1S/C19H15N2.C15H16NSi.Au/c1-3-9-16(10-4-1)20-15-21(17-11-5-2-6-12-17)19-14-8-7-13-18(19)20;1-17(2,3)11-8-9-15-13(10-11)12-6-4-5-7-14(12)16-15;/h1-15H;4-10H,1-3H3;/q2*-1;. The molecule has 2 heterocycles. The Labute approximate surface area is 247 Å². The molecule has 199 valence electrons. The molecule has 0 bridgehead atoms. The first-order valence-corrected chi connectivity index (χ1v) is 16.6. The topological polar surface area (TPSA) is 20.6 Å². The summed E-state index contributed by atoms with van der Waals surface area (Å²) in [7, 11) is -1.24. The van der Waals surface area contributed by atoms with Crippen molar-refractivity contribution >= 4 is 57.8 Å². The SMILES string of the molecule is C[Si](C)(C)c1ccc2[n-]c3ccccc3c2c1.[Au].c1ccc(N2[CH-]N(c3ccccc3)c3ccccc32)cc1. The quantitative estimate of drug-likeness (QED) is 0.136. The van der Waals surface area contributed by atoms with Crippen LogP contribution in [0.15, 0.2) is 127 Å². The number of anilines is 4. The molecule has 0 fully saturated rings. The van der Waals surface area contributed by atoms with Gasteiger partial charge in [0.15, 0.2) is 0 Å². The second kappa shape index (κ2) is 11.3. The summed E-state index contributed by atoms with van der Waals surface area (Å²) < 4.78 is 0. The maximum absolute atomic E-state index is 4.65. The molecule has 0 saturated heterocycles. The van der Waals surface area contributed by atoms with Crippen molar-refractivity contribution in [2.24, 2.45) is 0 Å². The van der Waals surface area contributed by atoms with Gasteiger partial charge in [-0.05, 0) is 47.2 Å². The van der Waals surface area contributed by atoms with Crippen LogP contribution >= 0.6 is 0 Å². The Morgan fingerprint density at radius 1 is 0.538 bits per heavy atom. The first-order valence-electron chi connectivity index (χ1n) is 13.1. The number of rotatable bonds is 3. The van der Waals surface area contributed by atoms with E-state index in [1.54, 1.807) is 0 Å². The van der Waals surface area contributed by atoms with E-state index in [0.717, 1.165) is 11.0 Å². The van der Waals surface area contributed by atoms with Crippen LogP contribution in [0.3, 0.4) is 0 Å². The van der Waals surface area contributed by atoms with E-state index in [2.05, 4.69) is 150 Å². The third kappa shape index (κ3) is 5.47. The molecule has 0 N–H and O–H groups in total. The van der Waals surface area contributed by atoms with E-state index in [1.165, 1.54) is 38.7 Å². The normalized spacial score (nSPS) is 12.6. The number of nitrogens with zero attached hydrogens (tertiary/aromatic N) is 3. The summed E-state index contributed by atoms with van der Waals surface area (Å²) in [5.41, 5.74) is 6.97.